The lowest BCUT2D eigenvalue weighted by atomic mass is 10.0. The summed E-state index contributed by atoms with van der Waals surface area (Å²) in [6, 6.07) is 39.3. The van der Waals surface area contributed by atoms with E-state index in [0.29, 0.717) is 0 Å². The zero-order valence-electron chi connectivity index (χ0n) is 20.6. The molecular formula is C33H24IN2O+. The number of hydrogen-bond acceptors (Lipinski definition) is 1. The topological polar surface area (TPSA) is 17.5 Å². The van der Waals surface area contributed by atoms with Crippen LogP contribution < -0.4 is 7.63 Å². The number of benzene rings is 5. The normalized spacial score (nSPS) is 11.6. The van der Waals surface area contributed by atoms with Crippen molar-refractivity contribution in [3.05, 3.63) is 121 Å². The fourth-order valence-corrected chi connectivity index (χ4v) is 6.41. The van der Waals surface area contributed by atoms with Crippen molar-refractivity contribution in [1.29, 1.82) is 0 Å². The van der Waals surface area contributed by atoms with E-state index in [0.717, 1.165) is 22.8 Å². The van der Waals surface area contributed by atoms with E-state index in [9.17, 15) is 0 Å². The van der Waals surface area contributed by atoms with Crippen molar-refractivity contribution in [2.45, 2.75) is 13.8 Å². The van der Waals surface area contributed by atoms with Gasteiger partial charge in [-0.15, -0.1) is 0 Å². The number of fused-ring (bicyclic) bond motifs is 7. The molecule has 7 rings (SSSR count). The first-order valence-electron chi connectivity index (χ1n) is 12.4. The second-order valence-corrected chi connectivity index (χ2v) is 9.92. The third kappa shape index (κ3) is 3.22. The molecule has 5 aromatic carbocycles. The van der Waals surface area contributed by atoms with Crippen LogP contribution in [0.15, 0.2) is 109 Å². The highest BCUT2D eigenvalue weighted by atomic mass is 127. The molecule has 178 valence electrons. The number of para-hydroxylation sites is 2. The zero-order chi connectivity index (χ0) is 25.1. The summed E-state index contributed by atoms with van der Waals surface area (Å²) < 4.78 is 10.5. The Kier molecular flexibility index (Phi) is 5.18. The van der Waals surface area contributed by atoms with E-state index >= 15 is 0 Å². The number of nitrogens with zero attached hydrogens (tertiary/aromatic N) is 2. The number of hydrogen-bond donors (Lipinski definition) is 0. The van der Waals surface area contributed by atoms with Gasteiger partial charge in [0.15, 0.2) is 34.0 Å². The molecule has 0 saturated heterocycles. The SMILES string of the molecule is Cc1c(OI)cccc1-[n+]1c(C)n2c3ccccc3c3ccccc3c3ccccc3c3cccc1c32. The molecule has 0 fully saturated rings. The van der Waals surface area contributed by atoms with Gasteiger partial charge in [-0.05, 0) is 58.8 Å². The van der Waals surface area contributed by atoms with Gasteiger partial charge in [0.2, 0.25) is 0 Å². The van der Waals surface area contributed by atoms with Crippen molar-refractivity contribution < 1.29 is 7.63 Å². The Bertz CT molecular complexity index is 2060. The minimum absolute atomic E-state index is 0.878. The summed E-state index contributed by atoms with van der Waals surface area (Å²) >= 11 is 1.97. The quantitative estimate of drug-likeness (QED) is 0.145. The van der Waals surface area contributed by atoms with E-state index in [2.05, 4.69) is 126 Å². The van der Waals surface area contributed by atoms with E-state index < -0.39 is 0 Å². The van der Waals surface area contributed by atoms with Crippen molar-refractivity contribution in [3.63, 3.8) is 0 Å². The van der Waals surface area contributed by atoms with E-state index in [1.165, 1.54) is 48.9 Å². The van der Waals surface area contributed by atoms with E-state index in [1.54, 1.807) is 0 Å². The molecule has 0 spiro atoms. The van der Waals surface area contributed by atoms with Gasteiger partial charge < -0.3 is 3.07 Å². The van der Waals surface area contributed by atoms with Crippen LogP contribution in [0.2, 0.25) is 0 Å². The maximum atomic E-state index is 5.68. The second-order valence-electron chi connectivity index (χ2n) is 9.48. The Morgan fingerprint density at radius 2 is 1.14 bits per heavy atom. The highest BCUT2D eigenvalue weighted by Gasteiger charge is 2.26. The Morgan fingerprint density at radius 3 is 1.81 bits per heavy atom. The number of aromatic nitrogens is 2. The Morgan fingerprint density at radius 1 is 0.595 bits per heavy atom. The molecule has 0 saturated carbocycles. The molecule has 7 aromatic rings. The second kappa shape index (κ2) is 8.60. The summed E-state index contributed by atoms with van der Waals surface area (Å²) in [5.41, 5.74) is 5.78. The van der Waals surface area contributed by atoms with Gasteiger partial charge in [-0.3, -0.25) is 0 Å². The fourth-order valence-electron chi connectivity index (χ4n) is 5.93. The first-order chi connectivity index (χ1) is 18.2. The van der Waals surface area contributed by atoms with Crippen LogP contribution in [0.3, 0.4) is 0 Å². The molecule has 0 aliphatic heterocycles. The minimum Gasteiger partial charge on any atom is -0.427 e. The van der Waals surface area contributed by atoms with Crippen molar-refractivity contribution in [2.75, 3.05) is 0 Å². The van der Waals surface area contributed by atoms with Crippen molar-refractivity contribution >= 4 is 71.9 Å². The van der Waals surface area contributed by atoms with Crippen LogP contribution >= 0.6 is 23.0 Å². The van der Waals surface area contributed by atoms with Crippen molar-refractivity contribution in [2.24, 2.45) is 0 Å². The smallest absolute Gasteiger partial charge is 0.264 e. The average molecular weight is 591 g/mol. The molecule has 37 heavy (non-hydrogen) atoms. The van der Waals surface area contributed by atoms with Gasteiger partial charge in [-0.1, -0.05) is 78.9 Å². The van der Waals surface area contributed by atoms with Crippen LogP contribution in [0.5, 0.6) is 5.75 Å². The number of aryl methyl sites for hydroxylation is 1. The van der Waals surface area contributed by atoms with Crippen LogP contribution in [0.25, 0.3) is 54.6 Å². The lowest BCUT2D eigenvalue weighted by molar-refractivity contribution is -0.575. The zero-order valence-corrected chi connectivity index (χ0v) is 22.7. The molecule has 0 amide bonds. The average Bonchev–Trinajstić information content (AvgIpc) is 3.26. The molecule has 0 radical (unpaired) electrons. The van der Waals surface area contributed by atoms with Crippen LogP contribution in [0.1, 0.15) is 11.4 Å². The summed E-state index contributed by atoms with van der Waals surface area (Å²) in [4.78, 5) is 0. The predicted octanol–water partition coefficient (Wildman–Crippen LogP) is 8.74. The van der Waals surface area contributed by atoms with E-state index in [4.69, 9.17) is 3.07 Å². The molecular weight excluding hydrogens is 567 g/mol. The molecule has 0 N–H and O–H groups in total. The molecule has 0 bridgehead atoms. The molecule has 2 heterocycles. The first-order valence-corrected chi connectivity index (χ1v) is 13.3. The molecule has 0 aliphatic carbocycles. The number of halogens is 1. The summed E-state index contributed by atoms with van der Waals surface area (Å²) in [5, 5.41) is 7.42. The maximum absolute atomic E-state index is 5.68. The van der Waals surface area contributed by atoms with Gasteiger partial charge in [0.05, 0.1) is 0 Å². The van der Waals surface area contributed by atoms with Gasteiger partial charge in [0, 0.05) is 23.3 Å². The Labute approximate surface area is 228 Å². The summed E-state index contributed by atoms with van der Waals surface area (Å²) in [6.07, 6.45) is 0. The highest BCUT2D eigenvalue weighted by Crippen LogP contribution is 2.35. The van der Waals surface area contributed by atoms with Gasteiger partial charge in [-0.2, -0.15) is 8.97 Å². The summed E-state index contributed by atoms with van der Waals surface area (Å²) in [5.74, 6) is 2.02. The Balaban J connectivity index is 1.87. The summed E-state index contributed by atoms with van der Waals surface area (Å²) in [7, 11) is 0. The molecule has 4 heteroatoms. The lowest BCUT2D eigenvalue weighted by Gasteiger charge is -2.07. The monoisotopic (exact) mass is 591 g/mol. The predicted molar refractivity (Wildman–Crippen MR) is 162 cm³/mol. The third-order valence-corrected chi connectivity index (χ3v) is 8.05. The van der Waals surface area contributed by atoms with Crippen LogP contribution in [0, 0.1) is 13.8 Å². The van der Waals surface area contributed by atoms with Crippen LogP contribution in [-0.2, 0) is 0 Å². The minimum atomic E-state index is 0.878. The molecule has 0 aliphatic rings. The lowest BCUT2D eigenvalue weighted by Crippen LogP contribution is -2.34. The fraction of sp³-hybridized carbons (Fsp3) is 0.0606. The van der Waals surface area contributed by atoms with Gasteiger partial charge in [0.1, 0.15) is 17.0 Å². The molecule has 0 unspecified atom stereocenters. The van der Waals surface area contributed by atoms with Gasteiger partial charge >= 0.3 is 0 Å². The van der Waals surface area contributed by atoms with Crippen LogP contribution in [0.4, 0.5) is 0 Å². The number of rotatable bonds is 2. The standard InChI is InChI=1S/C33H24IN2O/c1-21-29(18-10-20-32(21)37-34)35-22(2)36-30-17-8-7-15-27(30)25-13-5-3-11-23(25)24-12-4-6-14-26(24)28-16-9-19-31(35)33(28)36/h3-20H,1-2H3/q+1. The van der Waals surface area contributed by atoms with E-state index in [1.807, 2.05) is 29.1 Å². The highest BCUT2D eigenvalue weighted by molar-refractivity contribution is 14.1. The first kappa shape index (κ1) is 22.3. The van der Waals surface area contributed by atoms with Crippen LogP contribution in [-0.4, -0.2) is 4.40 Å². The molecule has 3 nitrogen and oxygen atoms in total. The number of imidazole rings is 1. The third-order valence-electron chi connectivity index (χ3n) is 7.58. The largest absolute Gasteiger partial charge is 0.427 e. The van der Waals surface area contributed by atoms with Crippen molar-refractivity contribution in [1.82, 2.24) is 4.40 Å². The Hall–Kier alpha value is -3.90. The van der Waals surface area contributed by atoms with Gasteiger partial charge in [0.25, 0.3) is 5.82 Å². The maximum Gasteiger partial charge on any atom is 0.264 e. The summed E-state index contributed by atoms with van der Waals surface area (Å²) in [6.45, 7) is 4.35. The molecule has 0 atom stereocenters. The van der Waals surface area contributed by atoms with Gasteiger partial charge in [-0.25, -0.2) is 0 Å². The van der Waals surface area contributed by atoms with E-state index in [-0.39, 0.29) is 0 Å². The van der Waals surface area contributed by atoms with Crippen molar-refractivity contribution in [3.8, 4) is 11.4 Å². The molecule has 2 aromatic heterocycles.